The highest BCUT2D eigenvalue weighted by Gasteiger charge is 2.12. The molecule has 1 atom stereocenters. The van der Waals surface area contributed by atoms with E-state index in [9.17, 15) is 5.11 Å². The van der Waals surface area contributed by atoms with E-state index < -0.39 is 0 Å². The van der Waals surface area contributed by atoms with Crippen LogP contribution < -0.4 is 5.32 Å². The molecule has 0 radical (unpaired) electrons. The fourth-order valence-electron chi connectivity index (χ4n) is 2.07. The molecule has 2 nitrogen and oxygen atoms in total. The van der Waals surface area contributed by atoms with Gasteiger partial charge in [0.1, 0.15) is 5.75 Å². The van der Waals surface area contributed by atoms with Crippen molar-refractivity contribution in [2.75, 3.05) is 5.32 Å². The number of hydrogen-bond acceptors (Lipinski definition) is 2. The zero-order chi connectivity index (χ0) is 14.7. The number of phenolic OH excluding ortho intramolecular Hbond substituents is 1. The van der Waals surface area contributed by atoms with Crippen molar-refractivity contribution in [3.8, 4) is 5.75 Å². The van der Waals surface area contributed by atoms with Gasteiger partial charge in [-0.1, -0.05) is 42.3 Å². The Balaban J connectivity index is 2.26. The van der Waals surface area contributed by atoms with Gasteiger partial charge in [0.05, 0.1) is 16.8 Å². The Labute approximate surface area is 129 Å². The molecule has 0 spiro atoms. The first kappa shape index (κ1) is 15.0. The third-order valence-electron chi connectivity index (χ3n) is 3.28. The molecule has 0 aliphatic rings. The minimum absolute atomic E-state index is 0.117. The Morgan fingerprint density at radius 1 is 1.10 bits per heavy atom. The van der Waals surface area contributed by atoms with Gasteiger partial charge in [0, 0.05) is 5.02 Å². The van der Waals surface area contributed by atoms with Crippen molar-refractivity contribution in [1.82, 2.24) is 0 Å². The van der Waals surface area contributed by atoms with Crippen LogP contribution in [0.4, 0.5) is 5.69 Å². The van der Waals surface area contributed by atoms with Gasteiger partial charge in [0.2, 0.25) is 0 Å². The Morgan fingerprint density at radius 3 is 2.35 bits per heavy atom. The minimum atomic E-state index is 0.117. The van der Waals surface area contributed by atoms with Crippen LogP contribution in [0.2, 0.25) is 10.0 Å². The maximum atomic E-state index is 9.35. The lowest BCUT2D eigenvalue weighted by atomic mass is 10.0. The van der Waals surface area contributed by atoms with Crippen LogP contribution in [0.1, 0.15) is 30.5 Å². The molecule has 2 rings (SSSR count). The van der Waals surface area contributed by atoms with Crippen LogP contribution in [-0.2, 0) is 0 Å². The molecule has 0 fully saturated rings. The van der Waals surface area contributed by atoms with Crippen LogP contribution in [0, 0.1) is 6.92 Å². The molecule has 0 aliphatic carbocycles. The number of hydrogen-bond donors (Lipinski definition) is 2. The number of nitrogens with one attached hydrogen (secondary N) is 1. The number of halogens is 2. The third-order valence-corrected chi connectivity index (χ3v) is 4.00. The van der Waals surface area contributed by atoms with Gasteiger partial charge in [0.25, 0.3) is 0 Å². The lowest BCUT2D eigenvalue weighted by molar-refractivity contribution is 0.475. The number of anilines is 1. The fraction of sp³-hybridized carbons (Fsp3) is 0.250. The second kappa shape index (κ2) is 6.38. The van der Waals surface area contributed by atoms with E-state index in [4.69, 9.17) is 23.2 Å². The van der Waals surface area contributed by atoms with Crippen LogP contribution in [0.15, 0.2) is 36.4 Å². The molecule has 2 aromatic rings. The predicted molar refractivity (Wildman–Crippen MR) is 86.0 cm³/mol. The molecular weight excluding hydrogens is 293 g/mol. The Kier molecular flexibility index (Phi) is 4.79. The lowest BCUT2D eigenvalue weighted by Gasteiger charge is -2.20. The molecule has 4 heteroatoms. The minimum Gasteiger partial charge on any atom is -0.508 e. The van der Waals surface area contributed by atoms with Gasteiger partial charge in [-0.2, -0.15) is 0 Å². The van der Waals surface area contributed by atoms with Gasteiger partial charge in [0.15, 0.2) is 0 Å². The summed E-state index contributed by atoms with van der Waals surface area (Å²) >= 11 is 12.4. The van der Waals surface area contributed by atoms with Crippen LogP contribution in [0.5, 0.6) is 5.75 Å². The maximum absolute atomic E-state index is 9.35. The van der Waals surface area contributed by atoms with E-state index >= 15 is 0 Å². The number of rotatable bonds is 4. The molecule has 1 unspecified atom stereocenters. The topological polar surface area (TPSA) is 32.3 Å². The Bertz CT molecular complexity index is 596. The monoisotopic (exact) mass is 309 g/mol. The van der Waals surface area contributed by atoms with E-state index in [0.717, 1.165) is 23.2 Å². The zero-order valence-corrected chi connectivity index (χ0v) is 13.0. The molecule has 0 saturated heterocycles. The second-order valence-electron chi connectivity index (χ2n) is 4.78. The lowest BCUT2D eigenvalue weighted by Crippen LogP contribution is -2.10. The van der Waals surface area contributed by atoms with E-state index in [1.165, 1.54) is 0 Å². The summed E-state index contributed by atoms with van der Waals surface area (Å²) in [5, 5.41) is 14.1. The fourth-order valence-corrected chi connectivity index (χ4v) is 2.51. The van der Waals surface area contributed by atoms with Crippen LogP contribution in [-0.4, -0.2) is 5.11 Å². The molecule has 2 N–H and O–H groups in total. The first-order valence-electron chi connectivity index (χ1n) is 6.52. The van der Waals surface area contributed by atoms with Gasteiger partial charge in [-0.15, -0.1) is 0 Å². The Hall–Kier alpha value is -1.38. The normalized spacial score (nSPS) is 12.2. The summed E-state index contributed by atoms with van der Waals surface area (Å²) < 4.78 is 0. The van der Waals surface area contributed by atoms with Crippen molar-refractivity contribution in [2.45, 2.75) is 26.3 Å². The summed E-state index contributed by atoms with van der Waals surface area (Å²) in [6.45, 7) is 4.02. The van der Waals surface area contributed by atoms with Gasteiger partial charge in [-0.3, -0.25) is 0 Å². The molecular formula is C16H17Cl2NO. The van der Waals surface area contributed by atoms with Crippen LogP contribution >= 0.6 is 23.2 Å². The molecule has 0 amide bonds. The number of phenols is 1. The summed E-state index contributed by atoms with van der Waals surface area (Å²) in [5.41, 5.74) is 2.88. The van der Waals surface area contributed by atoms with E-state index in [-0.39, 0.29) is 11.8 Å². The molecule has 106 valence electrons. The summed E-state index contributed by atoms with van der Waals surface area (Å²) in [7, 11) is 0. The largest absolute Gasteiger partial charge is 0.508 e. The van der Waals surface area contributed by atoms with E-state index in [0.29, 0.717) is 10.0 Å². The first-order chi connectivity index (χ1) is 9.51. The summed E-state index contributed by atoms with van der Waals surface area (Å²) in [6, 6.07) is 11.0. The van der Waals surface area contributed by atoms with Crippen molar-refractivity contribution in [3.05, 3.63) is 57.6 Å². The molecule has 0 saturated carbocycles. The van der Waals surface area contributed by atoms with Crippen molar-refractivity contribution in [1.29, 1.82) is 0 Å². The van der Waals surface area contributed by atoms with Gasteiger partial charge in [-0.05, 0) is 48.7 Å². The third kappa shape index (κ3) is 3.38. The summed E-state index contributed by atoms with van der Waals surface area (Å²) in [5.74, 6) is 0.264. The molecule has 2 aromatic carbocycles. The SMILES string of the molecule is CCC(Nc1cc(Cl)c(C)cc1Cl)c1ccc(O)cc1. The van der Waals surface area contributed by atoms with Gasteiger partial charge < -0.3 is 10.4 Å². The van der Waals surface area contributed by atoms with Crippen molar-refractivity contribution >= 4 is 28.9 Å². The molecule has 0 heterocycles. The van der Waals surface area contributed by atoms with Crippen molar-refractivity contribution < 1.29 is 5.11 Å². The number of aromatic hydroxyl groups is 1. The van der Waals surface area contributed by atoms with E-state index in [1.807, 2.05) is 31.2 Å². The number of aryl methyl sites for hydroxylation is 1. The number of benzene rings is 2. The van der Waals surface area contributed by atoms with Gasteiger partial charge >= 0.3 is 0 Å². The van der Waals surface area contributed by atoms with Crippen molar-refractivity contribution in [2.24, 2.45) is 0 Å². The Morgan fingerprint density at radius 2 is 1.75 bits per heavy atom. The molecule has 0 bridgehead atoms. The van der Waals surface area contributed by atoms with Crippen molar-refractivity contribution in [3.63, 3.8) is 0 Å². The second-order valence-corrected chi connectivity index (χ2v) is 5.59. The summed E-state index contributed by atoms with van der Waals surface area (Å²) in [4.78, 5) is 0. The highest BCUT2D eigenvalue weighted by atomic mass is 35.5. The molecule has 20 heavy (non-hydrogen) atoms. The highest BCUT2D eigenvalue weighted by Crippen LogP contribution is 2.32. The quantitative estimate of drug-likeness (QED) is 0.773. The zero-order valence-electron chi connectivity index (χ0n) is 11.5. The van der Waals surface area contributed by atoms with Crippen LogP contribution in [0.3, 0.4) is 0 Å². The highest BCUT2D eigenvalue weighted by molar-refractivity contribution is 6.35. The van der Waals surface area contributed by atoms with E-state index in [1.54, 1.807) is 12.1 Å². The smallest absolute Gasteiger partial charge is 0.115 e. The average molecular weight is 310 g/mol. The molecule has 0 aromatic heterocycles. The predicted octanol–water partition coefficient (Wildman–Crippen LogP) is 5.57. The average Bonchev–Trinajstić information content (AvgIpc) is 2.42. The first-order valence-corrected chi connectivity index (χ1v) is 7.28. The standard InChI is InChI=1S/C16H17Cl2NO/c1-3-15(11-4-6-12(20)7-5-11)19-16-9-13(17)10(2)8-14(16)18/h4-9,15,19-20H,3H2,1-2H3. The van der Waals surface area contributed by atoms with E-state index in [2.05, 4.69) is 12.2 Å². The van der Waals surface area contributed by atoms with Crippen LogP contribution in [0.25, 0.3) is 0 Å². The summed E-state index contributed by atoms with van der Waals surface area (Å²) in [6.07, 6.45) is 0.895. The maximum Gasteiger partial charge on any atom is 0.115 e. The van der Waals surface area contributed by atoms with Gasteiger partial charge in [-0.25, -0.2) is 0 Å². The molecule has 0 aliphatic heterocycles.